The van der Waals surface area contributed by atoms with E-state index in [4.69, 9.17) is 15.7 Å². The van der Waals surface area contributed by atoms with Gasteiger partial charge in [0.25, 0.3) is 5.91 Å². The van der Waals surface area contributed by atoms with Crippen molar-refractivity contribution >= 4 is 17.5 Å². The van der Waals surface area contributed by atoms with Gasteiger partial charge in [0.15, 0.2) is 0 Å². The number of rotatable bonds is 4. The first-order chi connectivity index (χ1) is 14.7. The Morgan fingerprint density at radius 3 is 2.55 bits per heavy atom. The minimum atomic E-state index is -4.71. The number of primary amides is 1. The van der Waals surface area contributed by atoms with Crippen LogP contribution in [0.2, 0.25) is 0 Å². The second-order valence-electron chi connectivity index (χ2n) is 6.79. The van der Waals surface area contributed by atoms with Gasteiger partial charge in [0.1, 0.15) is 6.04 Å². The normalized spacial score (nSPS) is 16.5. The molecule has 1 unspecified atom stereocenters. The van der Waals surface area contributed by atoms with Gasteiger partial charge in [-0.1, -0.05) is 0 Å². The van der Waals surface area contributed by atoms with Crippen molar-refractivity contribution < 1.29 is 27.5 Å². The van der Waals surface area contributed by atoms with E-state index in [0.717, 1.165) is 12.1 Å². The third-order valence-corrected chi connectivity index (χ3v) is 4.96. The van der Waals surface area contributed by atoms with Crippen LogP contribution in [0.5, 0.6) is 5.88 Å². The molecule has 2 amide bonds. The van der Waals surface area contributed by atoms with E-state index in [1.807, 2.05) is 0 Å². The number of aromatic nitrogens is 1. The molecule has 1 saturated heterocycles. The monoisotopic (exact) mass is 433 g/mol. The number of pyridine rings is 1. The maximum Gasteiger partial charge on any atom is 0.417 e. The lowest BCUT2D eigenvalue weighted by atomic mass is 10.0. The highest BCUT2D eigenvalue weighted by Gasteiger charge is 2.37. The van der Waals surface area contributed by atoms with E-state index >= 15 is 0 Å². The fraction of sp³-hybridized carbons (Fsp3) is 0.300. The number of nitrogens with two attached hydrogens (primary N) is 1. The van der Waals surface area contributed by atoms with Crippen LogP contribution in [0, 0.1) is 11.3 Å². The minimum absolute atomic E-state index is 0.0554. The third kappa shape index (κ3) is 4.53. The summed E-state index contributed by atoms with van der Waals surface area (Å²) in [5.41, 5.74) is 4.32. The number of alkyl halides is 3. The minimum Gasteiger partial charge on any atom is -0.481 e. The average Bonchev–Trinajstić information content (AvgIpc) is 2.77. The van der Waals surface area contributed by atoms with E-state index in [2.05, 4.69) is 4.98 Å². The number of carbonyl (C=O) groups excluding carboxylic acids is 2. The Kier molecular flexibility index (Phi) is 6.01. The first-order valence-electron chi connectivity index (χ1n) is 9.12. The summed E-state index contributed by atoms with van der Waals surface area (Å²) in [5.74, 6) is -0.951. The molecule has 2 N–H and O–H groups in total. The van der Waals surface area contributed by atoms with Gasteiger partial charge in [-0.2, -0.15) is 18.4 Å². The highest BCUT2D eigenvalue weighted by Crippen LogP contribution is 2.35. The molecule has 2 aromatic rings. The number of halogens is 3. The van der Waals surface area contributed by atoms with Gasteiger partial charge in [0.05, 0.1) is 29.9 Å². The van der Waals surface area contributed by atoms with Crippen LogP contribution in [0.25, 0.3) is 0 Å². The summed E-state index contributed by atoms with van der Waals surface area (Å²) in [5, 5.41) is 8.95. The number of amides is 2. The maximum atomic E-state index is 13.3. The molecule has 8 nitrogen and oxygen atoms in total. The number of ether oxygens (including phenoxy) is 1. The van der Waals surface area contributed by atoms with Crippen molar-refractivity contribution in [1.82, 2.24) is 9.88 Å². The first kappa shape index (κ1) is 21.9. The first-order valence-corrected chi connectivity index (χ1v) is 9.12. The van der Waals surface area contributed by atoms with Crippen molar-refractivity contribution in [1.29, 1.82) is 5.26 Å². The Labute approximate surface area is 175 Å². The molecular weight excluding hydrogens is 415 g/mol. The Bertz CT molecular complexity index is 1030. The van der Waals surface area contributed by atoms with Crippen LogP contribution >= 0.6 is 0 Å². The van der Waals surface area contributed by atoms with Gasteiger partial charge in [-0.15, -0.1) is 0 Å². The van der Waals surface area contributed by atoms with Crippen molar-refractivity contribution in [2.24, 2.45) is 5.73 Å². The van der Waals surface area contributed by atoms with Gasteiger partial charge in [-0.3, -0.25) is 9.59 Å². The highest BCUT2D eigenvalue weighted by atomic mass is 19.4. The van der Waals surface area contributed by atoms with Crippen LogP contribution in [0.15, 0.2) is 36.5 Å². The lowest BCUT2D eigenvalue weighted by molar-refractivity contribution is -0.137. The average molecular weight is 433 g/mol. The Hall–Kier alpha value is -3.81. The van der Waals surface area contributed by atoms with E-state index in [9.17, 15) is 22.8 Å². The number of hydrogen-bond acceptors (Lipinski definition) is 6. The van der Waals surface area contributed by atoms with E-state index in [1.165, 1.54) is 47.4 Å². The zero-order valence-corrected chi connectivity index (χ0v) is 16.4. The number of benzene rings is 1. The van der Waals surface area contributed by atoms with Crippen LogP contribution < -0.4 is 15.4 Å². The summed E-state index contributed by atoms with van der Waals surface area (Å²) in [4.78, 5) is 31.7. The number of piperazine rings is 1. The number of nitriles is 1. The highest BCUT2D eigenvalue weighted by molar-refractivity contribution is 5.97. The van der Waals surface area contributed by atoms with Crippen LogP contribution in [0.3, 0.4) is 0 Å². The molecule has 31 heavy (non-hydrogen) atoms. The number of hydrogen-bond donors (Lipinski definition) is 1. The maximum absolute atomic E-state index is 13.3. The molecule has 1 aliphatic heterocycles. The molecule has 1 atom stereocenters. The molecule has 0 radical (unpaired) electrons. The van der Waals surface area contributed by atoms with E-state index in [1.54, 1.807) is 0 Å². The molecular formula is C20H18F3N5O3. The SMILES string of the molecule is COc1ccc(C(=O)N2CCN(c3ccc(C#N)c(C(F)(F)F)c3)CC2C(N)=O)cn1. The zero-order valence-electron chi connectivity index (χ0n) is 16.4. The summed E-state index contributed by atoms with van der Waals surface area (Å²) in [6, 6.07) is 6.77. The number of nitrogens with zero attached hydrogens (tertiary/aromatic N) is 4. The third-order valence-electron chi connectivity index (χ3n) is 4.96. The predicted molar refractivity (Wildman–Crippen MR) is 103 cm³/mol. The number of methoxy groups -OCH3 is 1. The van der Waals surface area contributed by atoms with Crippen molar-refractivity contribution in [2.45, 2.75) is 12.2 Å². The molecule has 1 fully saturated rings. The van der Waals surface area contributed by atoms with Gasteiger partial charge in [0.2, 0.25) is 11.8 Å². The predicted octanol–water partition coefficient (Wildman–Crippen LogP) is 1.80. The smallest absolute Gasteiger partial charge is 0.417 e. The standard InChI is InChI=1S/C20H18F3N5O3/c1-31-17-5-3-13(10-26-17)19(30)28-7-6-27(11-16(28)18(25)29)14-4-2-12(9-24)15(8-14)20(21,22)23/h2-5,8,10,16H,6-7,11H2,1H3,(H2,25,29). The Balaban J connectivity index is 1.85. The van der Waals surface area contributed by atoms with Crippen LogP contribution in [0.4, 0.5) is 18.9 Å². The van der Waals surface area contributed by atoms with Crippen molar-refractivity contribution in [3.05, 3.63) is 53.2 Å². The summed E-state index contributed by atoms with van der Waals surface area (Å²) >= 11 is 0. The largest absolute Gasteiger partial charge is 0.481 e. The molecule has 1 aliphatic rings. The topological polar surface area (TPSA) is 113 Å². The van der Waals surface area contributed by atoms with E-state index < -0.39 is 35.2 Å². The fourth-order valence-corrected chi connectivity index (χ4v) is 3.36. The van der Waals surface area contributed by atoms with Gasteiger partial charge in [-0.05, 0) is 24.3 Å². The van der Waals surface area contributed by atoms with Crippen molar-refractivity contribution in [3.63, 3.8) is 0 Å². The lowest BCUT2D eigenvalue weighted by Gasteiger charge is -2.41. The van der Waals surface area contributed by atoms with Gasteiger partial charge in [0, 0.05) is 37.6 Å². The van der Waals surface area contributed by atoms with Gasteiger partial charge in [-0.25, -0.2) is 4.98 Å². The van der Waals surface area contributed by atoms with E-state index in [0.29, 0.717) is 5.88 Å². The van der Waals surface area contributed by atoms with Crippen LogP contribution in [0.1, 0.15) is 21.5 Å². The summed E-state index contributed by atoms with van der Waals surface area (Å²) < 4.78 is 44.8. The quantitative estimate of drug-likeness (QED) is 0.787. The second-order valence-corrected chi connectivity index (χ2v) is 6.79. The van der Waals surface area contributed by atoms with Crippen LogP contribution in [-0.4, -0.2) is 54.5 Å². The second kappa shape index (κ2) is 8.51. The molecule has 0 saturated carbocycles. The Morgan fingerprint density at radius 2 is 2.00 bits per heavy atom. The molecule has 1 aromatic heterocycles. The summed E-state index contributed by atoms with van der Waals surface area (Å²) in [6.07, 6.45) is -3.40. The number of carbonyl (C=O) groups is 2. The molecule has 11 heteroatoms. The fourth-order valence-electron chi connectivity index (χ4n) is 3.36. The van der Waals surface area contributed by atoms with Gasteiger partial charge >= 0.3 is 6.18 Å². The van der Waals surface area contributed by atoms with Gasteiger partial charge < -0.3 is 20.3 Å². The lowest BCUT2D eigenvalue weighted by Crippen LogP contribution is -2.60. The zero-order chi connectivity index (χ0) is 22.8. The number of anilines is 1. The Morgan fingerprint density at radius 1 is 1.26 bits per heavy atom. The molecule has 2 heterocycles. The summed E-state index contributed by atoms with van der Waals surface area (Å²) in [6.45, 7) is 0.135. The molecule has 3 rings (SSSR count). The van der Waals surface area contributed by atoms with Crippen molar-refractivity contribution in [3.8, 4) is 11.9 Å². The molecule has 162 valence electrons. The molecule has 0 spiro atoms. The van der Waals surface area contributed by atoms with Crippen LogP contribution in [-0.2, 0) is 11.0 Å². The van der Waals surface area contributed by atoms with E-state index in [-0.39, 0.29) is 30.9 Å². The van der Waals surface area contributed by atoms with Crippen molar-refractivity contribution in [2.75, 3.05) is 31.6 Å². The molecule has 1 aromatic carbocycles. The molecule has 0 bridgehead atoms. The molecule has 0 aliphatic carbocycles. The summed E-state index contributed by atoms with van der Waals surface area (Å²) in [7, 11) is 1.43.